The van der Waals surface area contributed by atoms with Crippen molar-refractivity contribution < 1.29 is 9.47 Å². The van der Waals surface area contributed by atoms with Crippen LogP contribution in [0, 0.1) is 5.92 Å². The number of aromatic nitrogens is 3. The van der Waals surface area contributed by atoms with Crippen molar-refractivity contribution in [1.29, 1.82) is 0 Å². The fourth-order valence-corrected chi connectivity index (χ4v) is 3.62. The highest BCUT2D eigenvalue weighted by Crippen LogP contribution is 2.29. The Morgan fingerprint density at radius 2 is 2.00 bits per heavy atom. The van der Waals surface area contributed by atoms with Crippen LogP contribution in [0.4, 0.5) is 0 Å². The smallest absolute Gasteiger partial charge is 0.159 e. The molecule has 4 rings (SSSR count). The van der Waals surface area contributed by atoms with Crippen LogP contribution in [0.25, 0.3) is 0 Å². The van der Waals surface area contributed by atoms with E-state index in [1.807, 2.05) is 12.1 Å². The molecule has 1 aliphatic carbocycles. The van der Waals surface area contributed by atoms with Crippen molar-refractivity contribution >= 4 is 0 Å². The Kier molecular flexibility index (Phi) is 5.22. The lowest BCUT2D eigenvalue weighted by Crippen LogP contribution is -2.34. The Labute approximate surface area is 155 Å². The Bertz CT molecular complexity index is 741. The highest BCUT2D eigenvalue weighted by Gasteiger charge is 2.25. The molecule has 1 saturated carbocycles. The minimum absolute atomic E-state index is 0.408. The van der Waals surface area contributed by atoms with Gasteiger partial charge in [0.25, 0.3) is 0 Å². The van der Waals surface area contributed by atoms with Gasteiger partial charge in [0.05, 0.1) is 7.11 Å². The SMILES string of the molecule is COc1ccccc1CN1CCn2c(COCC3CC3)nnc2C[C@H]1C. The number of hydrogen-bond acceptors (Lipinski definition) is 5. The van der Waals surface area contributed by atoms with Crippen LogP contribution in [0.15, 0.2) is 24.3 Å². The summed E-state index contributed by atoms with van der Waals surface area (Å²) in [5, 5.41) is 8.81. The van der Waals surface area contributed by atoms with E-state index < -0.39 is 0 Å². The van der Waals surface area contributed by atoms with Crippen molar-refractivity contribution in [3.05, 3.63) is 41.5 Å². The van der Waals surface area contributed by atoms with Crippen LogP contribution in [0.2, 0.25) is 0 Å². The van der Waals surface area contributed by atoms with Gasteiger partial charge >= 0.3 is 0 Å². The Balaban J connectivity index is 1.42. The molecule has 2 aliphatic rings. The van der Waals surface area contributed by atoms with E-state index in [4.69, 9.17) is 9.47 Å². The predicted molar refractivity (Wildman–Crippen MR) is 99.0 cm³/mol. The standard InChI is InChI=1S/C20H28N4O2/c1-15-11-19-21-22-20(14-26-13-16-7-8-16)24(19)10-9-23(15)12-17-5-3-4-6-18(17)25-2/h3-6,15-16H,7-14H2,1-2H3/t15-/m1/s1. The van der Waals surface area contributed by atoms with E-state index in [-0.39, 0.29) is 0 Å². The average molecular weight is 356 g/mol. The first-order valence-electron chi connectivity index (χ1n) is 9.59. The number of hydrogen-bond donors (Lipinski definition) is 0. The third-order valence-corrected chi connectivity index (χ3v) is 5.46. The molecule has 2 heterocycles. The van der Waals surface area contributed by atoms with Gasteiger partial charge in [0.15, 0.2) is 5.82 Å². The fraction of sp³-hybridized carbons (Fsp3) is 0.600. The molecule has 1 aromatic heterocycles. The molecule has 1 atom stereocenters. The molecule has 0 unspecified atom stereocenters. The normalized spacial score (nSPS) is 20.6. The summed E-state index contributed by atoms with van der Waals surface area (Å²) in [4.78, 5) is 2.50. The maximum atomic E-state index is 5.84. The second-order valence-corrected chi connectivity index (χ2v) is 7.48. The highest BCUT2D eigenvalue weighted by atomic mass is 16.5. The largest absolute Gasteiger partial charge is 0.496 e. The molecule has 0 amide bonds. The van der Waals surface area contributed by atoms with Gasteiger partial charge in [-0.05, 0) is 31.7 Å². The molecule has 6 nitrogen and oxygen atoms in total. The fourth-order valence-electron chi connectivity index (χ4n) is 3.62. The first kappa shape index (κ1) is 17.5. The van der Waals surface area contributed by atoms with E-state index in [9.17, 15) is 0 Å². The van der Waals surface area contributed by atoms with E-state index in [0.29, 0.717) is 12.6 Å². The third kappa shape index (κ3) is 3.91. The number of methoxy groups -OCH3 is 1. The molecule has 1 fully saturated rings. The molecule has 26 heavy (non-hydrogen) atoms. The lowest BCUT2D eigenvalue weighted by atomic mass is 10.1. The maximum Gasteiger partial charge on any atom is 0.159 e. The minimum atomic E-state index is 0.408. The average Bonchev–Trinajstić information content (AvgIpc) is 3.42. The zero-order valence-corrected chi connectivity index (χ0v) is 15.7. The zero-order chi connectivity index (χ0) is 17.9. The zero-order valence-electron chi connectivity index (χ0n) is 15.7. The molecule has 0 radical (unpaired) electrons. The minimum Gasteiger partial charge on any atom is -0.496 e. The van der Waals surface area contributed by atoms with Crippen molar-refractivity contribution in [1.82, 2.24) is 19.7 Å². The van der Waals surface area contributed by atoms with Gasteiger partial charge in [0.1, 0.15) is 18.2 Å². The third-order valence-electron chi connectivity index (χ3n) is 5.46. The Hall–Kier alpha value is -1.92. The predicted octanol–water partition coefficient (Wildman–Crippen LogP) is 2.66. The van der Waals surface area contributed by atoms with Gasteiger partial charge in [-0.3, -0.25) is 4.90 Å². The second-order valence-electron chi connectivity index (χ2n) is 7.48. The monoisotopic (exact) mass is 356 g/mol. The Morgan fingerprint density at radius 3 is 2.81 bits per heavy atom. The summed E-state index contributed by atoms with van der Waals surface area (Å²) in [6, 6.07) is 8.68. The van der Waals surface area contributed by atoms with Crippen molar-refractivity contribution in [2.75, 3.05) is 20.3 Å². The topological polar surface area (TPSA) is 52.4 Å². The van der Waals surface area contributed by atoms with Gasteiger partial charge in [-0.2, -0.15) is 0 Å². The summed E-state index contributed by atoms with van der Waals surface area (Å²) in [5.41, 5.74) is 1.23. The molecule has 0 saturated heterocycles. The summed E-state index contributed by atoms with van der Waals surface area (Å²) in [6.45, 7) is 6.46. The number of ether oxygens (including phenoxy) is 2. The van der Waals surface area contributed by atoms with Crippen LogP contribution >= 0.6 is 0 Å². The van der Waals surface area contributed by atoms with Crippen LogP contribution in [-0.2, 0) is 30.9 Å². The van der Waals surface area contributed by atoms with Gasteiger partial charge < -0.3 is 14.0 Å². The van der Waals surface area contributed by atoms with Crippen molar-refractivity contribution in [2.45, 2.75) is 51.9 Å². The first-order chi connectivity index (χ1) is 12.7. The quantitative estimate of drug-likeness (QED) is 0.763. The molecule has 0 bridgehead atoms. The molecule has 1 aliphatic heterocycles. The molecular weight excluding hydrogens is 328 g/mol. The summed E-state index contributed by atoms with van der Waals surface area (Å²) in [6.07, 6.45) is 3.53. The summed E-state index contributed by atoms with van der Waals surface area (Å²) in [5.74, 6) is 3.77. The van der Waals surface area contributed by atoms with Gasteiger partial charge in [0, 0.05) is 44.3 Å². The van der Waals surface area contributed by atoms with E-state index in [0.717, 1.165) is 56.0 Å². The first-order valence-corrected chi connectivity index (χ1v) is 9.59. The molecule has 6 heteroatoms. The van der Waals surface area contributed by atoms with E-state index in [1.165, 1.54) is 18.4 Å². The van der Waals surface area contributed by atoms with Crippen LogP contribution < -0.4 is 4.74 Å². The molecule has 2 aromatic rings. The lowest BCUT2D eigenvalue weighted by Gasteiger charge is -2.27. The van der Waals surface area contributed by atoms with E-state index in [2.05, 4.69) is 38.7 Å². The van der Waals surface area contributed by atoms with E-state index in [1.54, 1.807) is 7.11 Å². The maximum absolute atomic E-state index is 5.84. The Morgan fingerprint density at radius 1 is 1.15 bits per heavy atom. The van der Waals surface area contributed by atoms with Crippen LogP contribution in [0.1, 0.15) is 37.0 Å². The van der Waals surface area contributed by atoms with Crippen molar-refractivity contribution in [2.24, 2.45) is 5.92 Å². The van der Waals surface area contributed by atoms with Crippen molar-refractivity contribution in [3.63, 3.8) is 0 Å². The van der Waals surface area contributed by atoms with Crippen LogP contribution in [-0.4, -0.2) is 46.0 Å². The van der Waals surface area contributed by atoms with Gasteiger partial charge in [-0.15, -0.1) is 10.2 Å². The molecule has 1 aromatic carbocycles. The summed E-state index contributed by atoms with van der Waals surface area (Å²) >= 11 is 0. The van der Waals surface area contributed by atoms with Gasteiger partial charge in [0.2, 0.25) is 0 Å². The molecule has 0 N–H and O–H groups in total. The van der Waals surface area contributed by atoms with Crippen LogP contribution in [0.5, 0.6) is 5.75 Å². The molecular formula is C20H28N4O2. The van der Waals surface area contributed by atoms with Gasteiger partial charge in [-0.25, -0.2) is 0 Å². The van der Waals surface area contributed by atoms with Crippen molar-refractivity contribution in [3.8, 4) is 5.75 Å². The van der Waals surface area contributed by atoms with Crippen LogP contribution in [0.3, 0.4) is 0 Å². The van der Waals surface area contributed by atoms with E-state index >= 15 is 0 Å². The number of rotatable bonds is 7. The summed E-state index contributed by atoms with van der Waals surface area (Å²) in [7, 11) is 1.74. The number of benzene rings is 1. The second kappa shape index (κ2) is 7.76. The highest BCUT2D eigenvalue weighted by molar-refractivity contribution is 5.33. The lowest BCUT2D eigenvalue weighted by molar-refractivity contribution is 0.103. The number of para-hydroxylation sites is 1. The number of nitrogens with zero attached hydrogens (tertiary/aromatic N) is 4. The van der Waals surface area contributed by atoms with Gasteiger partial charge in [-0.1, -0.05) is 18.2 Å². The number of fused-ring (bicyclic) bond motifs is 1. The molecule has 140 valence electrons. The molecule has 0 spiro atoms. The summed E-state index contributed by atoms with van der Waals surface area (Å²) < 4.78 is 13.6.